The minimum atomic E-state index is -0.432. The molecule has 4 aromatic heterocycles. The van der Waals surface area contributed by atoms with Crippen LogP contribution in [0.1, 0.15) is 19.3 Å². The Hall–Kier alpha value is -4.30. The van der Waals surface area contributed by atoms with Gasteiger partial charge in [-0.15, -0.1) is 0 Å². The molecule has 8 heteroatoms. The number of pyridine rings is 3. The average molecular weight is 406 g/mol. The molecule has 31 heavy (non-hydrogen) atoms. The highest BCUT2D eigenvalue weighted by atomic mass is 15.3. The van der Waals surface area contributed by atoms with Gasteiger partial charge in [-0.3, -0.25) is 9.67 Å². The fraction of sp³-hybridized carbons (Fsp3) is 0.217. The van der Waals surface area contributed by atoms with Crippen molar-refractivity contribution >= 4 is 16.7 Å². The molecule has 1 saturated carbocycles. The van der Waals surface area contributed by atoms with E-state index in [0.29, 0.717) is 36.5 Å². The van der Waals surface area contributed by atoms with Crippen molar-refractivity contribution in [2.75, 3.05) is 5.73 Å². The molecule has 1 aliphatic carbocycles. The Morgan fingerprint density at radius 2 is 1.97 bits per heavy atom. The number of nitrogens with zero attached hydrogens (tertiary/aromatic N) is 7. The van der Waals surface area contributed by atoms with E-state index in [9.17, 15) is 10.5 Å². The van der Waals surface area contributed by atoms with E-state index in [1.807, 2.05) is 41.2 Å². The molecule has 150 valence electrons. The fourth-order valence-electron chi connectivity index (χ4n) is 4.25. The van der Waals surface area contributed by atoms with Crippen LogP contribution in [0.5, 0.6) is 0 Å². The van der Waals surface area contributed by atoms with Gasteiger partial charge in [-0.25, -0.2) is 9.97 Å². The third-order valence-electron chi connectivity index (χ3n) is 5.84. The van der Waals surface area contributed by atoms with Gasteiger partial charge in [0.25, 0.3) is 0 Å². The third-order valence-corrected chi connectivity index (χ3v) is 5.84. The molecule has 0 bridgehead atoms. The van der Waals surface area contributed by atoms with Crippen LogP contribution in [0.2, 0.25) is 0 Å². The zero-order chi connectivity index (χ0) is 21.4. The Balaban J connectivity index is 1.63. The van der Waals surface area contributed by atoms with Gasteiger partial charge in [0, 0.05) is 29.5 Å². The molecule has 0 atom stereocenters. The van der Waals surface area contributed by atoms with Crippen molar-refractivity contribution in [2.45, 2.75) is 24.8 Å². The number of fused-ring (bicyclic) bond motifs is 1. The lowest BCUT2D eigenvalue weighted by atomic mass is 9.67. The molecule has 0 aliphatic heterocycles. The topological polar surface area (TPSA) is 130 Å². The zero-order valence-corrected chi connectivity index (χ0v) is 16.6. The molecule has 0 radical (unpaired) electrons. The van der Waals surface area contributed by atoms with Crippen LogP contribution in [0.3, 0.4) is 0 Å². The van der Waals surface area contributed by atoms with E-state index in [0.717, 1.165) is 22.2 Å². The largest absolute Gasteiger partial charge is 0.384 e. The van der Waals surface area contributed by atoms with Gasteiger partial charge >= 0.3 is 0 Å². The summed E-state index contributed by atoms with van der Waals surface area (Å²) in [5.74, 6) is 0.381. The predicted octanol–water partition coefficient (Wildman–Crippen LogP) is 3.68. The second-order valence-electron chi connectivity index (χ2n) is 7.83. The number of nitrogen functional groups attached to an aromatic ring is 1. The van der Waals surface area contributed by atoms with Crippen molar-refractivity contribution in [1.82, 2.24) is 24.7 Å². The second-order valence-corrected chi connectivity index (χ2v) is 7.83. The summed E-state index contributed by atoms with van der Waals surface area (Å²) in [6, 6.07) is 15.8. The summed E-state index contributed by atoms with van der Waals surface area (Å²) in [5.41, 5.74) is 9.20. The smallest absolute Gasteiger partial charge is 0.123 e. The Morgan fingerprint density at radius 3 is 2.74 bits per heavy atom. The number of rotatable bonds is 4. The summed E-state index contributed by atoms with van der Waals surface area (Å²) in [4.78, 5) is 13.4. The van der Waals surface area contributed by atoms with E-state index in [-0.39, 0.29) is 5.92 Å². The first-order valence-corrected chi connectivity index (χ1v) is 9.93. The van der Waals surface area contributed by atoms with Crippen molar-refractivity contribution in [3.05, 3.63) is 55.0 Å². The number of nitriles is 2. The number of anilines is 1. The van der Waals surface area contributed by atoms with Gasteiger partial charge in [0.15, 0.2) is 0 Å². The third kappa shape index (κ3) is 3.15. The summed E-state index contributed by atoms with van der Waals surface area (Å²) in [7, 11) is 0. The van der Waals surface area contributed by atoms with Crippen LogP contribution in [0.15, 0.2) is 55.0 Å². The lowest BCUT2D eigenvalue weighted by Gasteiger charge is -2.43. The van der Waals surface area contributed by atoms with Gasteiger partial charge in [-0.2, -0.15) is 15.6 Å². The van der Waals surface area contributed by atoms with Crippen LogP contribution in [0, 0.1) is 28.6 Å². The van der Waals surface area contributed by atoms with E-state index >= 15 is 0 Å². The summed E-state index contributed by atoms with van der Waals surface area (Å²) in [6.07, 6.45) is 6.85. The summed E-state index contributed by atoms with van der Waals surface area (Å²) in [6.45, 7) is 0. The molecule has 1 aliphatic rings. The first-order valence-electron chi connectivity index (χ1n) is 9.93. The molecule has 2 N–H and O–H groups in total. The molecule has 1 fully saturated rings. The van der Waals surface area contributed by atoms with Crippen LogP contribution in [0.4, 0.5) is 5.82 Å². The maximum Gasteiger partial charge on any atom is 0.123 e. The maximum absolute atomic E-state index is 9.33. The Kier molecular flexibility index (Phi) is 4.34. The monoisotopic (exact) mass is 406 g/mol. The number of hydrogen-bond donors (Lipinski definition) is 1. The first kappa shape index (κ1) is 18.7. The van der Waals surface area contributed by atoms with Crippen molar-refractivity contribution in [3.8, 4) is 34.8 Å². The minimum absolute atomic E-state index is 0.0374. The van der Waals surface area contributed by atoms with Crippen LogP contribution in [0.25, 0.3) is 33.5 Å². The van der Waals surface area contributed by atoms with Gasteiger partial charge in [0.1, 0.15) is 17.2 Å². The predicted molar refractivity (Wildman–Crippen MR) is 115 cm³/mol. The molecular weight excluding hydrogens is 388 g/mol. The SMILES string of the molecule is N#CCC1(n2ccc(-c3nc(-c4ccnc(N)c4)cc4ncccc34)n2)CC(C#N)C1. The maximum atomic E-state index is 9.33. The Morgan fingerprint density at radius 1 is 1.10 bits per heavy atom. The van der Waals surface area contributed by atoms with E-state index in [4.69, 9.17) is 15.8 Å². The van der Waals surface area contributed by atoms with Crippen molar-refractivity contribution in [3.63, 3.8) is 0 Å². The van der Waals surface area contributed by atoms with Gasteiger partial charge < -0.3 is 5.73 Å². The van der Waals surface area contributed by atoms with Gasteiger partial charge in [-0.1, -0.05) is 0 Å². The molecule has 0 aromatic carbocycles. The first-order chi connectivity index (χ1) is 15.1. The Bertz CT molecular complexity index is 1370. The van der Waals surface area contributed by atoms with Gasteiger partial charge in [-0.05, 0) is 49.2 Å². The van der Waals surface area contributed by atoms with E-state index < -0.39 is 5.54 Å². The minimum Gasteiger partial charge on any atom is -0.384 e. The van der Waals surface area contributed by atoms with E-state index in [2.05, 4.69) is 22.1 Å². The summed E-state index contributed by atoms with van der Waals surface area (Å²) >= 11 is 0. The molecule has 4 aromatic rings. The fourth-order valence-corrected chi connectivity index (χ4v) is 4.25. The number of aromatic nitrogens is 5. The standard InChI is InChI=1S/C23H18N8/c24-6-5-23(12-15(13-23)14-25)31-9-4-18(30-31)22-17-2-1-7-27-20(17)11-19(29-22)16-3-8-28-21(26)10-16/h1-4,7-11,15H,5,12-13H2,(H2,26,28). The molecule has 0 amide bonds. The molecule has 0 spiro atoms. The lowest BCUT2D eigenvalue weighted by Crippen LogP contribution is -2.46. The van der Waals surface area contributed by atoms with E-state index in [1.165, 1.54) is 0 Å². The highest BCUT2D eigenvalue weighted by Crippen LogP contribution is 2.46. The van der Waals surface area contributed by atoms with Crippen molar-refractivity contribution < 1.29 is 0 Å². The summed E-state index contributed by atoms with van der Waals surface area (Å²) in [5, 5.41) is 24.2. The lowest BCUT2D eigenvalue weighted by molar-refractivity contribution is 0.0884. The second kappa shape index (κ2) is 7.19. The molecular formula is C23H18N8. The van der Waals surface area contributed by atoms with Crippen molar-refractivity contribution in [1.29, 1.82) is 10.5 Å². The zero-order valence-electron chi connectivity index (χ0n) is 16.6. The summed E-state index contributed by atoms with van der Waals surface area (Å²) < 4.78 is 1.83. The number of nitrogens with two attached hydrogens (primary N) is 1. The van der Waals surface area contributed by atoms with Crippen LogP contribution in [-0.2, 0) is 5.54 Å². The van der Waals surface area contributed by atoms with Gasteiger partial charge in [0.05, 0.1) is 41.2 Å². The number of hydrogen-bond acceptors (Lipinski definition) is 7. The normalized spacial score (nSPS) is 20.0. The average Bonchev–Trinajstić information content (AvgIpc) is 3.25. The Labute approximate surface area is 178 Å². The van der Waals surface area contributed by atoms with E-state index in [1.54, 1.807) is 18.5 Å². The highest BCUT2D eigenvalue weighted by Gasteiger charge is 2.46. The highest BCUT2D eigenvalue weighted by molar-refractivity contribution is 5.93. The molecule has 0 unspecified atom stereocenters. The van der Waals surface area contributed by atoms with Gasteiger partial charge in [0.2, 0.25) is 0 Å². The molecule has 4 heterocycles. The molecule has 8 nitrogen and oxygen atoms in total. The molecule has 5 rings (SSSR count). The van der Waals surface area contributed by atoms with Crippen LogP contribution >= 0.6 is 0 Å². The quantitative estimate of drug-likeness (QED) is 0.547. The van der Waals surface area contributed by atoms with Crippen LogP contribution < -0.4 is 5.73 Å². The van der Waals surface area contributed by atoms with Crippen LogP contribution in [-0.4, -0.2) is 24.7 Å². The van der Waals surface area contributed by atoms with Crippen molar-refractivity contribution in [2.24, 2.45) is 5.92 Å². The molecule has 0 saturated heterocycles.